The number of aliphatic hydroxyl groups is 1. The number of aliphatic hydroxyl groups excluding tert-OH is 1. The van der Waals surface area contributed by atoms with Gasteiger partial charge in [0.2, 0.25) is 12.3 Å². The van der Waals surface area contributed by atoms with Crippen LogP contribution in [0.4, 0.5) is 24.8 Å². The van der Waals surface area contributed by atoms with Crippen molar-refractivity contribution >= 4 is 52.8 Å². The Kier molecular flexibility index (Phi) is 10.9. The second kappa shape index (κ2) is 14.1. The van der Waals surface area contributed by atoms with E-state index in [-0.39, 0.29) is 35.8 Å². The lowest BCUT2D eigenvalue weighted by Gasteiger charge is -2.35. The predicted octanol–water partition coefficient (Wildman–Crippen LogP) is 2.70. The molecule has 41 heavy (non-hydrogen) atoms. The quantitative estimate of drug-likeness (QED) is 0.341. The number of pyridine rings is 1. The lowest BCUT2D eigenvalue weighted by Crippen LogP contribution is -2.49. The number of amides is 3. The number of thiazole rings is 1. The van der Waals surface area contributed by atoms with Gasteiger partial charge in [0.15, 0.2) is 0 Å². The molecule has 1 saturated heterocycles. The summed E-state index contributed by atoms with van der Waals surface area (Å²) in [5, 5.41) is 14.2. The van der Waals surface area contributed by atoms with Crippen molar-refractivity contribution in [2.24, 2.45) is 0 Å². The standard InChI is InChI=1S/C17H22N6O3S.C7H4ClF3N2O/c1-11-8-18-17(27-11)12(2)21-16(26)13-7-14(20-10-19-13)22-3-5-23(6-4-22)15(25)9-24;8-5-2-12-6(13-3-14)1-4(5)7(9,10)11/h7-8,10,12,24H,3-6,9H2,1-2H3,(H,21,26);1-3H,(H,12,13,14). The lowest BCUT2D eigenvalue weighted by atomic mass is 10.2. The van der Waals surface area contributed by atoms with Crippen molar-refractivity contribution in [3.63, 3.8) is 0 Å². The Labute approximate surface area is 241 Å². The molecular weight excluding hydrogens is 589 g/mol. The number of rotatable bonds is 7. The predicted molar refractivity (Wildman–Crippen MR) is 145 cm³/mol. The number of anilines is 2. The molecule has 0 bridgehead atoms. The summed E-state index contributed by atoms with van der Waals surface area (Å²) in [4.78, 5) is 54.8. The van der Waals surface area contributed by atoms with Crippen LogP contribution in [0.2, 0.25) is 5.02 Å². The van der Waals surface area contributed by atoms with Crippen LogP contribution in [0.3, 0.4) is 0 Å². The van der Waals surface area contributed by atoms with E-state index in [2.05, 4.69) is 25.3 Å². The fraction of sp³-hybridized carbons (Fsp3) is 0.375. The second-order valence-corrected chi connectivity index (χ2v) is 10.3. The number of hydrogen-bond acceptors (Lipinski definition) is 10. The average molecular weight is 615 g/mol. The van der Waals surface area contributed by atoms with Gasteiger partial charge in [-0.05, 0) is 19.9 Å². The SMILES string of the molecule is Cc1cnc(C(C)NC(=O)c2cc(N3CCN(C(=O)CO)CC3)ncn2)s1.O=CNc1cc(C(F)(F)F)c(Cl)cn1. The van der Waals surface area contributed by atoms with E-state index >= 15 is 0 Å². The molecular formula is C24H26ClF3N8O4S. The molecule has 17 heteroatoms. The van der Waals surface area contributed by atoms with Crippen LogP contribution in [0, 0.1) is 6.92 Å². The highest BCUT2D eigenvalue weighted by Crippen LogP contribution is 2.35. The maximum absolute atomic E-state index is 12.5. The topological polar surface area (TPSA) is 154 Å². The Bertz CT molecular complexity index is 1370. The van der Waals surface area contributed by atoms with Gasteiger partial charge in [0.05, 0.1) is 16.6 Å². The van der Waals surface area contributed by atoms with E-state index in [4.69, 9.17) is 16.7 Å². The molecule has 4 heterocycles. The molecule has 0 aliphatic carbocycles. The van der Waals surface area contributed by atoms with Gasteiger partial charge >= 0.3 is 6.18 Å². The van der Waals surface area contributed by atoms with E-state index < -0.39 is 23.4 Å². The second-order valence-electron chi connectivity index (χ2n) is 8.60. The van der Waals surface area contributed by atoms with Gasteiger partial charge in [-0.25, -0.2) is 19.9 Å². The molecule has 0 aromatic carbocycles. The summed E-state index contributed by atoms with van der Waals surface area (Å²) >= 11 is 6.83. The molecule has 3 N–H and O–H groups in total. The number of carbonyl (C=O) groups excluding carboxylic acids is 3. The van der Waals surface area contributed by atoms with Gasteiger partial charge in [0.1, 0.15) is 35.3 Å². The molecule has 1 aliphatic rings. The number of aryl methyl sites for hydroxylation is 1. The van der Waals surface area contributed by atoms with E-state index in [0.29, 0.717) is 38.1 Å². The first-order valence-corrected chi connectivity index (χ1v) is 13.2. The van der Waals surface area contributed by atoms with Crippen molar-refractivity contribution in [3.05, 3.63) is 57.0 Å². The Morgan fingerprint density at radius 2 is 1.85 bits per heavy atom. The zero-order chi connectivity index (χ0) is 30.2. The summed E-state index contributed by atoms with van der Waals surface area (Å²) in [6.45, 7) is 5.55. The molecule has 0 spiro atoms. The van der Waals surface area contributed by atoms with Crippen LogP contribution in [0.5, 0.6) is 0 Å². The van der Waals surface area contributed by atoms with E-state index in [1.807, 2.05) is 24.1 Å². The molecule has 12 nitrogen and oxygen atoms in total. The fourth-order valence-corrected chi connectivity index (χ4v) is 4.62. The Morgan fingerprint density at radius 1 is 1.15 bits per heavy atom. The third-order valence-electron chi connectivity index (χ3n) is 5.70. The minimum Gasteiger partial charge on any atom is -0.387 e. The third kappa shape index (κ3) is 8.80. The third-order valence-corrected chi connectivity index (χ3v) is 7.10. The number of nitrogens with one attached hydrogen (secondary N) is 2. The summed E-state index contributed by atoms with van der Waals surface area (Å²) in [6, 6.07) is 2.11. The summed E-state index contributed by atoms with van der Waals surface area (Å²) in [7, 11) is 0. The van der Waals surface area contributed by atoms with E-state index in [1.165, 1.54) is 6.33 Å². The first-order chi connectivity index (χ1) is 19.4. The van der Waals surface area contributed by atoms with Crippen molar-refractivity contribution in [2.45, 2.75) is 26.1 Å². The molecule has 1 fully saturated rings. The van der Waals surface area contributed by atoms with Gasteiger partial charge in [-0.15, -0.1) is 11.3 Å². The van der Waals surface area contributed by atoms with Gasteiger partial charge in [0.25, 0.3) is 5.91 Å². The number of carbonyl (C=O) groups is 3. The number of piperazine rings is 1. The molecule has 1 atom stereocenters. The van der Waals surface area contributed by atoms with Crippen molar-refractivity contribution in [1.29, 1.82) is 0 Å². The molecule has 1 unspecified atom stereocenters. The summed E-state index contributed by atoms with van der Waals surface area (Å²) < 4.78 is 36.7. The summed E-state index contributed by atoms with van der Waals surface area (Å²) in [5.74, 6) is -0.113. The van der Waals surface area contributed by atoms with Crippen LogP contribution in [0.15, 0.2) is 30.9 Å². The van der Waals surface area contributed by atoms with Gasteiger partial charge in [-0.2, -0.15) is 13.2 Å². The minimum absolute atomic E-state index is 0.197. The molecule has 3 aromatic heterocycles. The van der Waals surface area contributed by atoms with Gasteiger partial charge in [-0.3, -0.25) is 14.4 Å². The normalized spacial score (nSPS) is 14.0. The number of halogens is 4. The molecule has 220 valence electrons. The number of hydrogen-bond donors (Lipinski definition) is 3. The summed E-state index contributed by atoms with van der Waals surface area (Å²) in [6.07, 6.45) is -0.341. The van der Waals surface area contributed by atoms with E-state index in [9.17, 15) is 27.6 Å². The van der Waals surface area contributed by atoms with Crippen LogP contribution >= 0.6 is 22.9 Å². The van der Waals surface area contributed by atoms with Gasteiger partial charge < -0.3 is 25.5 Å². The number of nitrogens with zero attached hydrogens (tertiary/aromatic N) is 6. The molecule has 0 radical (unpaired) electrons. The molecule has 0 saturated carbocycles. The smallest absolute Gasteiger partial charge is 0.387 e. The molecule has 3 aromatic rings. The van der Waals surface area contributed by atoms with Crippen LogP contribution in [0.25, 0.3) is 0 Å². The highest BCUT2D eigenvalue weighted by atomic mass is 35.5. The maximum atomic E-state index is 12.5. The molecule has 1 aliphatic heterocycles. The zero-order valence-electron chi connectivity index (χ0n) is 21.9. The first kappa shape index (κ1) is 31.6. The highest BCUT2D eigenvalue weighted by molar-refractivity contribution is 7.11. The Hall–Kier alpha value is -3.89. The van der Waals surface area contributed by atoms with E-state index in [1.54, 1.807) is 28.5 Å². The van der Waals surface area contributed by atoms with Gasteiger partial charge in [-0.1, -0.05) is 11.6 Å². The zero-order valence-corrected chi connectivity index (χ0v) is 23.4. The first-order valence-electron chi connectivity index (χ1n) is 12.0. The van der Waals surface area contributed by atoms with Gasteiger partial charge in [0, 0.05) is 49.5 Å². The Balaban J connectivity index is 0.000000278. The Morgan fingerprint density at radius 3 is 2.44 bits per heavy atom. The average Bonchev–Trinajstić information content (AvgIpc) is 3.40. The van der Waals surface area contributed by atoms with Crippen molar-refractivity contribution < 1.29 is 32.7 Å². The maximum Gasteiger partial charge on any atom is 0.418 e. The summed E-state index contributed by atoms with van der Waals surface area (Å²) in [5.41, 5.74) is -0.743. The molecule has 4 rings (SSSR count). The number of aromatic nitrogens is 4. The van der Waals surface area contributed by atoms with Crippen LogP contribution in [-0.4, -0.2) is 81.0 Å². The monoisotopic (exact) mass is 614 g/mol. The van der Waals surface area contributed by atoms with Crippen LogP contribution in [-0.2, 0) is 15.8 Å². The minimum atomic E-state index is -4.56. The largest absolute Gasteiger partial charge is 0.418 e. The highest BCUT2D eigenvalue weighted by Gasteiger charge is 2.33. The lowest BCUT2D eigenvalue weighted by molar-refractivity contribution is -0.137. The van der Waals surface area contributed by atoms with E-state index in [0.717, 1.165) is 16.1 Å². The van der Waals surface area contributed by atoms with Crippen LogP contribution in [0.1, 0.15) is 38.9 Å². The van der Waals surface area contributed by atoms with Crippen molar-refractivity contribution in [1.82, 2.24) is 30.2 Å². The van der Waals surface area contributed by atoms with Crippen molar-refractivity contribution in [2.75, 3.05) is 43.0 Å². The van der Waals surface area contributed by atoms with Crippen LogP contribution < -0.4 is 15.5 Å². The fourth-order valence-electron chi connectivity index (χ4n) is 3.63. The molecule has 3 amide bonds. The van der Waals surface area contributed by atoms with Crippen molar-refractivity contribution in [3.8, 4) is 0 Å². The number of alkyl halides is 3.